The van der Waals surface area contributed by atoms with Gasteiger partial charge in [0.1, 0.15) is 11.1 Å². The Hall–Kier alpha value is -4.12. The number of para-hydroxylation sites is 1. The third-order valence-electron chi connectivity index (χ3n) is 9.03. The van der Waals surface area contributed by atoms with Crippen LogP contribution in [0.2, 0.25) is 0 Å². The van der Waals surface area contributed by atoms with Gasteiger partial charge in [0.05, 0.1) is 11.6 Å². The minimum Gasteiger partial charge on any atom is -0.335 e. The smallest absolute Gasteiger partial charge is 0.272 e. The zero-order valence-corrected chi connectivity index (χ0v) is 22.5. The molecule has 3 aromatic rings. The fourth-order valence-corrected chi connectivity index (χ4v) is 7.16. The predicted molar refractivity (Wildman–Crippen MR) is 147 cm³/mol. The predicted octanol–water partition coefficient (Wildman–Crippen LogP) is 1.45. The second-order valence-electron chi connectivity index (χ2n) is 11.2. The van der Waals surface area contributed by atoms with Gasteiger partial charge in [-0.25, -0.2) is 9.97 Å². The Morgan fingerprint density at radius 2 is 1.85 bits per heavy atom. The van der Waals surface area contributed by atoms with Crippen LogP contribution in [0.4, 0.5) is 11.6 Å². The van der Waals surface area contributed by atoms with Gasteiger partial charge in [0.15, 0.2) is 0 Å². The van der Waals surface area contributed by atoms with Gasteiger partial charge >= 0.3 is 0 Å². The van der Waals surface area contributed by atoms with Crippen LogP contribution in [0.3, 0.4) is 0 Å². The summed E-state index contributed by atoms with van der Waals surface area (Å²) >= 11 is 0. The van der Waals surface area contributed by atoms with Crippen molar-refractivity contribution in [2.75, 3.05) is 36.4 Å². The van der Waals surface area contributed by atoms with E-state index in [-0.39, 0.29) is 36.9 Å². The molecule has 1 spiro atoms. The maximum absolute atomic E-state index is 14.8. The van der Waals surface area contributed by atoms with Gasteiger partial charge in [-0.3, -0.25) is 24.0 Å². The zero-order valence-electron chi connectivity index (χ0n) is 22.5. The van der Waals surface area contributed by atoms with Crippen LogP contribution in [-0.4, -0.2) is 74.6 Å². The van der Waals surface area contributed by atoms with Crippen molar-refractivity contribution in [1.82, 2.24) is 30.0 Å². The average molecular weight is 541 g/mol. The van der Waals surface area contributed by atoms with Crippen LogP contribution in [0.5, 0.6) is 0 Å². The lowest BCUT2D eigenvalue weighted by molar-refractivity contribution is -0.130. The number of benzene rings is 1. The van der Waals surface area contributed by atoms with E-state index in [1.807, 2.05) is 24.3 Å². The summed E-state index contributed by atoms with van der Waals surface area (Å²) in [4.78, 5) is 55.1. The molecular weight excluding hydrogens is 508 g/mol. The Kier molecular flexibility index (Phi) is 5.92. The SMILES string of the molecule is Cn1nc2c(c1C(=O)N1CC(C(=O)N(c3ncccn3)C3CCNCC3)C3(C1)C(=O)Nc1ccccc13)CCC2. The number of likely N-dealkylation sites (tertiary alicyclic amines) is 1. The molecule has 2 fully saturated rings. The Morgan fingerprint density at radius 1 is 1.07 bits per heavy atom. The highest BCUT2D eigenvalue weighted by molar-refractivity contribution is 6.12. The zero-order chi connectivity index (χ0) is 27.4. The second-order valence-corrected chi connectivity index (χ2v) is 11.2. The van der Waals surface area contributed by atoms with Crippen molar-refractivity contribution in [2.24, 2.45) is 13.0 Å². The van der Waals surface area contributed by atoms with Gasteiger partial charge in [-0.15, -0.1) is 0 Å². The van der Waals surface area contributed by atoms with Crippen LogP contribution in [0, 0.1) is 5.92 Å². The number of rotatable bonds is 4. The summed E-state index contributed by atoms with van der Waals surface area (Å²) in [7, 11) is 1.79. The van der Waals surface area contributed by atoms with Crippen LogP contribution >= 0.6 is 0 Å². The number of hydrogen-bond donors (Lipinski definition) is 2. The molecule has 2 saturated heterocycles. The molecule has 4 aliphatic rings. The molecule has 3 amide bonds. The van der Waals surface area contributed by atoms with Crippen LogP contribution in [0.25, 0.3) is 0 Å². The molecule has 1 aromatic carbocycles. The van der Waals surface area contributed by atoms with Gasteiger partial charge in [0.25, 0.3) is 5.91 Å². The molecule has 2 N–H and O–H groups in total. The summed E-state index contributed by atoms with van der Waals surface area (Å²) in [6, 6.07) is 9.11. The molecule has 0 radical (unpaired) electrons. The standard InChI is InChI=1S/C29H32N8O3/c1-35-24(19-6-4-9-22(19)34-35)26(39)36-16-21(29(17-36)20-7-2-3-8-23(20)33-27(29)40)25(38)37(18-10-14-30-15-11-18)28-31-12-5-13-32-28/h2-3,5,7-8,12-13,18,21,30H,4,6,9-11,14-17H2,1H3,(H,33,40). The van der Waals surface area contributed by atoms with Gasteiger partial charge in [-0.1, -0.05) is 18.2 Å². The van der Waals surface area contributed by atoms with Gasteiger partial charge < -0.3 is 15.5 Å². The Morgan fingerprint density at radius 3 is 2.65 bits per heavy atom. The molecule has 0 bridgehead atoms. The van der Waals surface area contributed by atoms with E-state index in [0.717, 1.165) is 62.0 Å². The van der Waals surface area contributed by atoms with Crippen molar-refractivity contribution in [3.63, 3.8) is 0 Å². The number of aryl methyl sites for hydroxylation is 2. The Bertz CT molecular complexity index is 1500. The monoisotopic (exact) mass is 540 g/mol. The third-order valence-corrected chi connectivity index (χ3v) is 9.03. The summed E-state index contributed by atoms with van der Waals surface area (Å²) in [5.74, 6) is -1.14. The largest absolute Gasteiger partial charge is 0.335 e. The minimum atomic E-state index is -1.22. The van der Waals surface area contributed by atoms with Crippen LogP contribution in [0.15, 0.2) is 42.7 Å². The van der Waals surface area contributed by atoms with Gasteiger partial charge in [0.2, 0.25) is 17.8 Å². The molecule has 40 heavy (non-hydrogen) atoms. The number of nitrogens with one attached hydrogen (secondary N) is 2. The number of carbonyl (C=O) groups is 3. The minimum absolute atomic E-state index is 0.112. The highest BCUT2D eigenvalue weighted by atomic mass is 16.2. The van der Waals surface area contributed by atoms with E-state index in [1.54, 1.807) is 40.0 Å². The van der Waals surface area contributed by atoms with Crippen LogP contribution in [0.1, 0.15) is 46.6 Å². The fourth-order valence-electron chi connectivity index (χ4n) is 7.16. The number of hydrogen-bond acceptors (Lipinski definition) is 7. The molecule has 206 valence electrons. The number of nitrogens with zero attached hydrogens (tertiary/aromatic N) is 6. The third kappa shape index (κ3) is 3.67. The van der Waals surface area contributed by atoms with Crippen molar-refractivity contribution >= 4 is 29.4 Å². The average Bonchev–Trinajstić information content (AvgIpc) is 3.73. The first kappa shape index (κ1) is 24.9. The molecule has 11 nitrogen and oxygen atoms in total. The Labute approximate surface area is 232 Å². The maximum Gasteiger partial charge on any atom is 0.272 e. The van der Waals surface area contributed by atoms with E-state index >= 15 is 0 Å². The van der Waals surface area contributed by atoms with Crippen molar-refractivity contribution in [2.45, 2.75) is 43.6 Å². The van der Waals surface area contributed by atoms with E-state index < -0.39 is 11.3 Å². The topological polar surface area (TPSA) is 125 Å². The highest BCUT2D eigenvalue weighted by Gasteiger charge is 2.62. The number of aromatic nitrogens is 4. The molecular formula is C29H32N8O3. The quantitative estimate of drug-likeness (QED) is 0.513. The van der Waals surface area contributed by atoms with Crippen molar-refractivity contribution in [1.29, 1.82) is 0 Å². The Balaban J connectivity index is 1.33. The van der Waals surface area contributed by atoms with Crippen molar-refractivity contribution in [3.8, 4) is 0 Å². The molecule has 7 rings (SSSR count). The lowest BCUT2D eigenvalue weighted by Crippen LogP contribution is -2.54. The van der Waals surface area contributed by atoms with E-state index in [0.29, 0.717) is 17.3 Å². The highest BCUT2D eigenvalue weighted by Crippen LogP contribution is 2.49. The lowest BCUT2D eigenvalue weighted by atomic mass is 9.72. The lowest BCUT2D eigenvalue weighted by Gasteiger charge is -2.37. The summed E-state index contributed by atoms with van der Waals surface area (Å²) in [5, 5.41) is 11.0. The van der Waals surface area contributed by atoms with Gasteiger partial charge in [-0.2, -0.15) is 5.10 Å². The molecule has 5 heterocycles. The van der Waals surface area contributed by atoms with Crippen LogP contribution < -0.4 is 15.5 Å². The normalized spacial score (nSPS) is 23.8. The molecule has 2 atom stereocenters. The summed E-state index contributed by atoms with van der Waals surface area (Å²) in [6.45, 7) is 1.78. The molecule has 2 aromatic heterocycles. The maximum atomic E-state index is 14.8. The van der Waals surface area contributed by atoms with E-state index in [9.17, 15) is 14.4 Å². The number of piperidine rings is 1. The molecule has 3 aliphatic heterocycles. The second kappa shape index (κ2) is 9.51. The molecule has 11 heteroatoms. The van der Waals surface area contributed by atoms with E-state index in [2.05, 4.69) is 25.7 Å². The van der Waals surface area contributed by atoms with Crippen molar-refractivity contribution < 1.29 is 14.4 Å². The first-order valence-electron chi connectivity index (χ1n) is 14.0. The van der Waals surface area contributed by atoms with Gasteiger partial charge in [-0.05, 0) is 62.9 Å². The van der Waals surface area contributed by atoms with Crippen molar-refractivity contribution in [3.05, 3.63) is 65.2 Å². The number of fused-ring (bicyclic) bond motifs is 3. The first-order valence-corrected chi connectivity index (χ1v) is 14.0. The van der Waals surface area contributed by atoms with E-state index in [1.165, 1.54) is 0 Å². The number of anilines is 2. The number of amides is 3. The molecule has 1 aliphatic carbocycles. The summed E-state index contributed by atoms with van der Waals surface area (Å²) in [6.07, 6.45) is 7.40. The number of carbonyl (C=O) groups excluding carboxylic acids is 3. The summed E-state index contributed by atoms with van der Waals surface area (Å²) < 4.78 is 1.66. The van der Waals surface area contributed by atoms with Gasteiger partial charge in [0, 0.05) is 49.8 Å². The van der Waals surface area contributed by atoms with Crippen LogP contribution in [-0.2, 0) is 34.9 Å². The summed E-state index contributed by atoms with van der Waals surface area (Å²) in [5.41, 5.74) is 2.74. The molecule has 2 unspecified atom stereocenters. The molecule has 0 saturated carbocycles. The fraction of sp³-hybridized carbons (Fsp3) is 0.448. The first-order chi connectivity index (χ1) is 19.5. The van der Waals surface area contributed by atoms with E-state index in [4.69, 9.17) is 0 Å².